The molecule has 1 saturated heterocycles. The van der Waals surface area contributed by atoms with E-state index < -0.39 is 29.6 Å². The number of halogens is 6. The highest BCUT2D eigenvalue weighted by molar-refractivity contribution is 5.38. The van der Waals surface area contributed by atoms with Crippen LogP contribution in [0.2, 0.25) is 0 Å². The lowest BCUT2D eigenvalue weighted by atomic mass is 10.0. The smallest absolute Gasteiger partial charge is 0.368 e. The average Bonchev–Trinajstić information content (AvgIpc) is 2.97. The van der Waals surface area contributed by atoms with Gasteiger partial charge in [0.1, 0.15) is 6.10 Å². The molecule has 1 aliphatic heterocycles. The van der Waals surface area contributed by atoms with Crippen LogP contribution in [0, 0.1) is 0 Å². The Hall–Kier alpha value is -1.24. The Morgan fingerprint density at radius 1 is 1.00 bits per heavy atom. The van der Waals surface area contributed by atoms with Gasteiger partial charge in [0, 0.05) is 0 Å². The normalized spacial score (nSPS) is 20.5. The molecule has 1 aromatic carbocycles. The Morgan fingerprint density at radius 3 is 2.00 bits per heavy atom. The largest absolute Gasteiger partial charge is 0.416 e. The highest BCUT2D eigenvalue weighted by Gasteiger charge is 2.41. The summed E-state index contributed by atoms with van der Waals surface area (Å²) in [6.45, 7) is 0.106. The molecule has 1 atom stereocenters. The van der Waals surface area contributed by atoms with Crippen molar-refractivity contribution >= 4 is 0 Å². The van der Waals surface area contributed by atoms with Gasteiger partial charge < -0.3 is 4.74 Å². The Balaban J connectivity index is 2.50. The molecular formula is C10H6F6O. The number of benzene rings is 1. The molecule has 0 spiro atoms. The van der Waals surface area contributed by atoms with E-state index in [1.54, 1.807) is 0 Å². The van der Waals surface area contributed by atoms with Gasteiger partial charge in [-0.2, -0.15) is 26.3 Å². The monoisotopic (exact) mass is 256 g/mol. The van der Waals surface area contributed by atoms with E-state index in [1.165, 1.54) is 0 Å². The average molecular weight is 256 g/mol. The van der Waals surface area contributed by atoms with Crippen molar-refractivity contribution in [2.24, 2.45) is 0 Å². The van der Waals surface area contributed by atoms with Crippen LogP contribution < -0.4 is 0 Å². The molecule has 94 valence electrons. The predicted octanol–water partition coefficient (Wildman–Crippen LogP) is 3.80. The molecule has 0 aromatic heterocycles. The first-order chi connectivity index (χ1) is 7.69. The SMILES string of the molecule is FC(F)(F)c1ccc([C@@H]2CO2)c(C(F)(F)F)c1. The first-order valence-electron chi connectivity index (χ1n) is 4.59. The summed E-state index contributed by atoms with van der Waals surface area (Å²) in [4.78, 5) is 0. The zero-order valence-electron chi connectivity index (χ0n) is 8.19. The molecule has 0 bridgehead atoms. The van der Waals surface area contributed by atoms with Gasteiger partial charge in [-0.1, -0.05) is 6.07 Å². The third-order valence-corrected chi connectivity index (χ3v) is 2.37. The van der Waals surface area contributed by atoms with Crippen LogP contribution in [-0.4, -0.2) is 6.61 Å². The second-order valence-corrected chi connectivity index (χ2v) is 3.62. The zero-order chi connectivity index (χ0) is 12.8. The predicted molar refractivity (Wildman–Crippen MR) is 45.1 cm³/mol. The lowest BCUT2D eigenvalue weighted by Crippen LogP contribution is -2.13. The van der Waals surface area contributed by atoms with Crippen molar-refractivity contribution in [3.63, 3.8) is 0 Å². The van der Waals surface area contributed by atoms with Crippen molar-refractivity contribution in [3.05, 3.63) is 34.9 Å². The van der Waals surface area contributed by atoms with Gasteiger partial charge in [0.2, 0.25) is 0 Å². The molecular weight excluding hydrogens is 250 g/mol. The van der Waals surface area contributed by atoms with Crippen molar-refractivity contribution < 1.29 is 31.1 Å². The van der Waals surface area contributed by atoms with Gasteiger partial charge in [0.15, 0.2) is 0 Å². The minimum absolute atomic E-state index is 0.106. The molecule has 0 amide bonds. The van der Waals surface area contributed by atoms with E-state index in [0.717, 1.165) is 6.07 Å². The van der Waals surface area contributed by atoms with Gasteiger partial charge in [0.25, 0.3) is 0 Å². The number of rotatable bonds is 1. The number of epoxide rings is 1. The summed E-state index contributed by atoms with van der Waals surface area (Å²) in [6, 6.07) is 1.58. The molecule has 1 fully saturated rings. The van der Waals surface area contributed by atoms with Gasteiger partial charge in [-0.25, -0.2) is 0 Å². The maximum atomic E-state index is 12.6. The number of ether oxygens (including phenoxy) is 1. The van der Waals surface area contributed by atoms with Gasteiger partial charge in [-0.05, 0) is 17.7 Å². The molecule has 0 N–H and O–H groups in total. The topological polar surface area (TPSA) is 12.5 Å². The van der Waals surface area contributed by atoms with Gasteiger partial charge >= 0.3 is 12.4 Å². The van der Waals surface area contributed by atoms with E-state index in [9.17, 15) is 26.3 Å². The quantitative estimate of drug-likeness (QED) is 0.550. The van der Waals surface area contributed by atoms with Crippen LogP contribution in [0.15, 0.2) is 18.2 Å². The van der Waals surface area contributed by atoms with E-state index in [-0.39, 0.29) is 18.2 Å². The fraction of sp³-hybridized carbons (Fsp3) is 0.400. The van der Waals surface area contributed by atoms with Crippen LogP contribution in [0.4, 0.5) is 26.3 Å². The van der Waals surface area contributed by atoms with Crippen LogP contribution in [0.1, 0.15) is 22.8 Å². The molecule has 0 unspecified atom stereocenters. The van der Waals surface area contributed by atoms with Crippen LogP contribution in [0.3, 0.4) is 0 Å². The molecule has 0 radical (unpaired) electrons. The molecule has 1 nitrogen and oxygen atoms in total. The third kappa shape index (κ3) is 2.54. The molecule has 7 heteroatoms. The first kappa shape index (κ1) is 12.2. The van der Waals surface area contributed by atoms with E-state index in [4.69, 9.17) is 0 Å². The molecule has 0 saturated carbocycles. The van der Waals surface area contributed by atoms with Crippen LogP contribution in [0.25, 0.3) is 0 Å². The van der Waals surface area contributed by atoms with Crippen molar-refractivity contribution in [2.45, 2.75) is 18.5 Å². The fourth-order valence-corrected chi connectivity index (χ4v) is 1.49. The van der Waals surface area contributed by atoms with Crippen molar-refractivity contribution in [3.8, 4) is 0 Å². The van der Waals surface area contributed by atoms with Crippen LogP contribution in [-0.2, 0) is 17.1 Å². The minimum Gasteiger partial charge on any atom is -0.368 e. The number of hydrogen-bond donors (Lipinski definition) is 0. The standard InChI is InChI=1S/C10H6F6O/c11-9(12,13)5-1-2-6(8-4-17-8)7(3-5)10(14,15)16/h1-3,8H,4H2/t8-/m0/s1. The summed E-state index contributed by atoms with van der Waals surface area (Å²) in [5.74, 6) is 0. The van der Waals surface area contributed by atoms with Crippen molar-refractivity contribution in [2.75, 3.05) is 6.61 Å². The van der Waals surface area contributed by atoms with Gasteiger partial charge in [-0.15, -0.1) is 0 Å². The Bertz CT molecular complexity index is 429. The Morgan fingerprint density at radius 2 is 1.59 bits per heavy atom. The van der Waals surface area contributed by atoms with Gasteiger partial charge in [0.05, 0.1) is 17.7 Å². The highest BCUT2D eigenvalue weighted by Crippen LogP contribution is 2.42. The molecule has 2 rings (SSSR count). The van der Waals surface area contributed by atoms with Crippen molar-refractivity contribution in [1.29, 1.82) is 0 Å². The highest BCUT2D eigenvalue weighted by atomic mass is 19.4. The Labute approximate surface area is 92.0 Å². The molecule has 1 aromatic rings. The third-order valence-electron chi connectivity index (χ3n) is 2.37. The molecule has 1 heterocycles. The van der Waals surface area contributed by atoms with Gasteiger partial charge in [-0.3, -0.25) is 0 Å². The van der Waals surface area contributed by atoms with Crippen molar-refractivity contribution in [1.82, 2.24) is 0 Å². The van der Waals surface area contributed by atoms with Crippen LogP contribution in [0.5, 0.6) is 0 Å². The second kappa shape index (κ2) is 3.63. The summed E-state index contributed by atoms with van der Waals surface area (Å²) in [5.41, 5.74) is -2.84. The number of alkyl halides is 6. The summed E-state index contributed by atoms with van der Waals surface area (Å²) in [7, 11) is 0. The summed E-state index contributed by atoms with van der Waals surface area (Å²) in [6.07, 6.45) is -10.3. The van der Waals surface area contributed by atoms with E-state index >= 15 is 0 Å². The van der Waals surface area contributed by atoms with E-state index in [0.29, 0.717) is 6.07 Å². The molecule has 17 heavy (non-hydrogen) atoms. The zero-order valence-corrected chi connectivity index (χ0v) is 8.19. The minimum atomic E-state index is -4.82. The maximum Gasteiger partial charge on any atom is 0.416 e. The lowest BCUT2D eigenvalue weighted by molar-refractivity contribution is -0.143. The van der Waals surface area contributed by atoms with E-state index in [2.05, 4.69) is 4.74 Å². The maximum absolute atomic E-state index is 12.6. The second-order valence-electron chi connectivity index (χ2n) is 3.62. The first-order valence-corrected chi connectivity index (χ1v) is 4.59. The lowest BCUT2D eigenvalue weighted by Gasteiger charge is -2.14. The summed E-state index contributed by atoms with van der Waals surface area (Å²) >= 11 is 0. The number of hydrogen-bond acceptors (Lipinski definition) is 1. The Kier molecular flexibility index (Phi) is 2.61. The molecule has 1 aliphatic rings. The summed E-state index contributed by atoms with van der Waals surface area (Å²) < 4.78 is 79.3. The molecule has 0 aliphatic carbocycles. The fourth-order valence-electron chi connectivity index (χ4n) is 1.49. The summed E-state index contributed by atoms with van der Waals surface area (Å²) in [5, 5.41) is 0. The van der Waals surface area contributed by atoms with Crippen LogP contribution >= 0.6 is 0 Å². The van der Waals surface area contributed by atoms with E-state index in [1.807, 2.05) is 0 Å².